The van der Waals surface area contributed by atoms with Gasteiger partial charge in [0.1, 0.15) is 6.54 Å². The molecule has 1 aromatic carbocycles. The molecule has 0 aliphatic rings. The smallest absolute Gasteiger partial charge is 0.325 e. The lowest BCUT2D eigenvalue weighted by Gasteiger charge is -2.16. The van der Waals surface area contributed by atoms with Crippen molar-refractivity contribution in [1.82, 2.24) is 4.90 Å². The van der Waals surface area contributed by atoms with Crippen LogP contribution in [0.25, 0.3) is 0 Å². The summed E-state index contributed by atoms with van der Waals surface area (Å²) in [6.07, 6.45) is 0. The lowest BCUT2D eigenvalue weighted by atomic mass is 10.2. The molecule has 102 valence electrons. The van der Waals surface area contributed by atoms with Gasteiger partial charge in [-0.1, -0.05) is 0 Å². The molecule has 19 heavy (non-hydrogen) atoms. The highest BCUT2D eigenvalue weighted by Gasteiger charge is 2.20. The number of likely N-dealkylation sites (N-methyl/N-ethyl adjacent to an activating group) is 1. The van der Waals surface area contributed by atoms with E-state index in [1.165, 1.54) is 32.4 Å². The number of non-ortho nitro benzene ring substituents is 1. The van der Waals surface area contributed by atoms with Crippen LogP contribution in [-0.4, -0.2) is 42.4 Å². The van der Waals surface area contributed by atoms with Crippen LogP contribution in [0, 0.1) is 13.7 Å². The fourth-order valence-corrected chi connectivity index (χ4v) is 1.89. The quantitative estimate of drug-likeness (QED) is 0.342. The van der Waals surface area contributed by atoms with Crippen molar-refractivity contribution in [2.45, 2.75) is 0 Å². The second kappa shape index (κ2) is 6.45. The van der Waals surface area contributed by atoms with Crippen LogP contribution in [-0.2, 0) is 9.53 Å². The number of nitro groups is 1. The molecule has 0 saturated heterocycles. The Morgan fingerprint density at radius 3 is 2.63 bits per heavy atom. The SMILES string of the molecule is COC(=O)CN(C)C(=O)c1cc([N+](=O)[O-])ccc1I. The molecule has 0 spiro atoms. The summed E-state index contributed by atoms with van der Waals surface area (Å²) in [6, 6.07) is 3.99. The molecule has 0 aliphatic carbocycles. The molecule has 7 nitrogen and oxygen atoms in total. The van der Waals surface area contributed by atoms with Crippen molar-refractivity contribution >= 4 is 40.2 Å². The zero-order valence-electron chi connectivity index (χ0n) is 10.3. The number of hydrogen-bond acceptors (Lipinski definition) is 5. The summed E-state index contributed by atoms with van der Waals surface area (Å²) in [5.74, 6) is -1.03. The summed E-state index contributed by atoms with van der Waals surface area (Å²) in [4.78, 5) is 34.4. The number of hydrogen-bond donors (Lipinski definition) is 0. The van der Waals surface area contributed by atoms with E-state index in [4.69, 9.17) is 0 Å². The first kappa shape index (κ1) is 15.3. The van der Waals surface area contributed by atoms with Crippen LogP contribution >= 0.6 is 22.6 Å². The van der Waals surface area contributed by atoms with Gasteiger partial charge in [0.15, 0.2) is 0 Å². The van der Waals surface area contributed by atoms with Crippen molar-refractivity contribution in [2.24, 2.45) is 0 Å². The number of esters is 1. The minimum absolute atomic E-state index is 0.171. The topological polar surface area (TPSA) is 89.8 Å². The third-order valence-electron chi connectivity index (χ3n) is 2.33. The third-order valence-corrected chi connectivity index (χ3v) is 3.27. The minimum atomic E-state index is -0.576. The van der Waals surface area contributed by atoms with Crippen LogP contribution in [0.15, 0.2) is 18.2 Å². The van der Waals surface area contributed by atoms with E-state index in [1.54, 1.807) is 0 Å². The summed E-state index contributed by atoms with van der Waals surface area (Å²) in [5, 5.41) is 10.7. The van der Waals surface area contributed by atoms with Crippen molar-refractivity contribution < 1.29 is 19.2 Å². The van der Waals surface area contributed by atoms with Crippen LogP contribution in [0.5, 0.6) is 0 Å². The van der Waals surface area contributed by atoms with Gasteiger partial charge in [-0.15, -0.1) is 0 Å². The number of methoxy groups -OCH3 is 1. The third kappa shape index (κ3) is 3.88. The van der Waals surface area contributed by atoms with Gasteiger partial charge in [-0.3, -0.25) is 19.7 Å². The number of rotatable bonds is 4. The van der Waals surface area contributed by atoms with Gasteiger partial charge in [0, 0.05) is 22.8 Å². The molecule has 1 amide bonds. The van der Waals surface area contributed by atoms with E-state index >= 15 is 0 Å². The average Bonchev–Trinajstić information content (AvgIpc) is 2.37. The highest BCUT2D eigenvalue weighted by Crippen LogP contribution is 2.20. The summed E-state index contributed by atoms with van der Waals surface area (Å²) < 4.78 is 5.03. The summed E-state index contributed by atoms with van der Waals surface area (Å²) in [6.45, 7) is -0.214. The van der Waals surface area contributed by atoms with E-state index in [9.17, 15) is 19.7 Å². The number of nitrogens with zero attached hydrogens (tertiary/aromatic N) is 2. The molecule has 0 N–H and O–H groups in total. The van der Waals surface area contributed by atoms with Crippen molar-refractivity contribution in [1.29, 1.82) is 0 Å². The molecule has 0 saturated carbocycles. The molecule has 0 heterocycles. The monoisotopic (exact) mass is 378 g/mol. The fourth-order valence-electron chi connectivity index (χ4n) is 1.33. The van der Waals surface area contributed by atoms with Crippen molar-refractivity contribution in [3.63, 3.8) is 0 Å². The molecule has 0 bridgehead atoms. The lowest BCUT2D eigenvalue weighted by molar-refractivity contribution is -0.384. The summed E-state index contributed by atoms with van der Waals surface area (Å²) in [5.41, 5.74) is 0.0106. The van der Waals surface area contributed by atoms with Crippen molar-refractivity contribution in [3.8, 4) is 0 Å². The largest absolute Gasteiger partial charge is 0.468 e. The Bertz CT molecular complexity index is 532. The summed E-state index contributed by atoms with van der Waals surface area (Å²) in [7, 11) is 2.64. The fraction of sp³-hybridized carbons (Fsp3) is 0.273. The van der Waals surface area contributed by atoms with E-state index in [0.717, 1.165) is 4.90 Å². The number of carbonyl (C=O) groups excluding carboxylic acids is 2. The molecule has 1 aromatic rings. The van der Waals surface area contributed by atoms with Crippen molar-refractivity contribution in [2.75, 3.05) is 20.7 Å². The highest BCUT2D eigenvalue weighted by atomic mass is 127. The first-order valence-corrected chi connectivity index (χ1v) is 6.21. The maximum atomic E-state index is 12.1. The maximum absolute atomic E-state index is 12.1. The van der Waals surface area contributed by atoms with Gasteiger partial charge in [-0.05, 0) is 28.7 Å². The molecule has 8 heteroatoms. The van der Waals surface area contributed by atoms with E-state index in [1.807, 2.05) is 22.6 Å². The number of benzene rings is 1. The predicted molar refractivity (Wildman–Crippen MR) is 74.8 cm³/mol. The number of halogens is 1. The van der Waals surface area contributed by atoms with E-state index in [2.05, 4.69) is 4.74 Å². The van der Waals surface area contributed by atoms with Crippen LogP contribution in [0.3, 0.4) is 0 Å². The second-order valence-electron chi connectivity index (χ2n) is 3.66. The van der Waals surface area contributed by atoms with Crippen LogP contribution in [0.4, 0.5) is 5.69 Å². The van der Waals surface area contributed by atoms with Crippen LogP contribution < -0.4 is 0 Å². The standard InChI is InChI=1S/C11H11IN2O5/c1-13(6-10(15)19-2)11(16)8-5-7(14(17)18)3-4-9(8)12/h3-5H,6H2,1-2H3. The Morgan fingerprint density at radius 1 is 1.47 bits per heavy atom. The van der Waals surface area contributed by atoms with Gasteiger partial charge in [-0.25, -0.2) is 0 Å². The number of ether oxygens (including phenoxy) is 1. The van der Waals surface area contributed by atoms with E-state index < -0.39 is 16.8 Å². The molecule has 0 radical (unpaired) electrons. The first-order valence-electron chi connectivity index (χ1n) is 5.13. The molecule has 0 fully saturated rings. The average molecular weight is 378 g/mol. The molecule has 0 aromatic heterocycles. The first-order chi connectivity index (χ1) is 8.86. The molecular formula is C11H11IN2O5. The maximum Gasteiger partial charge on any atom is 0.325 e. The van der Waals surface area contributed by atoms with Crippen LogP contribution in [0.2, 0.25) is 0 Å². The minimum Gasteiger partial charge on any atom is -0.468 e. The normalized spacial score (nSPS) is 9.84. The van der Waals surface area contributed by atoms with E-state index in [-0.39, 0.29) is 17.8 Å². The molecule has 0 aliphatic heterocycles. The number of amides is 1. The number of carbonyl (C=O) groups is 2. The molecule has 1 rings (SSSR count). The van der Waals surface area contributed by atoms with Gasteiger partial charge < -0.3 is 9.64 Å². The molecular weight excluding hydrogens is 367 g/mol. The zero-order chi connectivity index (χ0) is 14.6. The van der Waals surface area contributed by atoms with Gasteiger partial charge in [-0.2, -0.15) is 0 Å². The predicted octanol–water partition coefficient (Wildman–Crippen LogP) is 1.44. The Morgan fingerprint density at radius 2 is 2.11 bits per heavy atom. The van der Waals surface area contributed by atoms with Crippen LogP contribution in [0.1, 0.15) is 10.4 Å². The zero-order valence-corrected chi connectivity index (χ0v) is 12.4. The van der Waals surface area contributed by atoms with E-state index in [0.29, 0.717) is 3.57 Å². The lowest BCUT2D eigenvalue weighted by Crippen LogP contribution is -2.33. The van der Waals surface area contributed by atoms with Gasteiger partial charge in [0.05, 0.1) is 17.6 Å². The molecule has 0 unspecified atom stereocenters. The Kier molecular flexibility index (Phi) is 5.21. The second-order valence-corrected chi connectivity index (χ2v) is 4.82. The number of nitro benzene ring substituents is 1. The van der Waals surface area contributed by atoms with Gasteiger partial charge in [0.2, 0.25) is 0 Å². The molecule has 0 atom stereocenters. The highest BCUT2D eigenvalue weighted by molar-refractivity contribution is 14.1. The Balaban J connectivity index is 3.01. The summed E-state index contributed by atoms with van der Waals surface area (Å²) >= 11 is 1.91. The van der Waals surface area contributed by atoms with Crippen molar-refractivity contribution in [3.05, 3.63) is 37.4 Å². The Hall–Kier alpha value is -1.71. The van der Waals surface area contributed by atoms with Gasteiger partial charge >= 0.3 is 5.97 Å². The Labute approximate surface area is 122 Å². The van der Waals surface area contributed by atoms with Gasteiger partial charge in [0.25, 0.3) is 11.6 Å².